The predicted molar refractivity (Wildman–Crippen MR) is 86.9 cm³/mol. The normalized spacial score (nSPS) is 18.4. The molecule has 1 aliphatic rings. The molecule has 6 heteroatoms. The maximum Gasteiger partial charge on any atom is 0.248 e. The smallest absolute Gasteiger partial charge is 0.248 e. The van der Waals surface area contributed by atoms with Gasteiger partial charge in [0.05, 0.1) is 18.6 Å². The number of carbonyl (C=O) groups excluding carboxylic acids is 1. The van der Waals surface area contributed by atoms with E-state index < -0.39 is 5.92 Å². The molecule has 3 rings (SSSR count). The molecule has 0 radical (unpaired) electrons. The molecule has 1 saturated carbocycles. The molecule has 1 aromatic heterocycles. The van der Waals surface area contributed by atoms with Crippen LogP contribution in [0.5, 0.6) is 0 Å². The Kier molecular flexibility index (Phi) is 4.53. The number of imidazole rings is 1. The average molecular weight is 336 g/mol. The van der Waals surface area contributed by atoms with Crippen LogP contribution in [-0.4, -0.2) is 26.3 Å². The highest BCUT2D eigenvalue weighted by molar-refractivity contribution is 8.14. The lowest BCUT2D eigenvalue weighted by Crippen LogP contribution is -2.36. The van der Waals surface area contributed by atoms with Crippen molar-refractivity contribution in [1.82, 2.24) is 9.55 Å². The topological polar surface area (TPSA) is 34.9 Å². The van der Waals surface area contributed by atoms with Gasteiger partial charge in [0.15, 0.2) is 0 Å². The quantitative estimate of drug-likeness (QED) is 0.811. The third kappa shape index (κ3) is 3.63. The van der Waals surface area contributed by atoms with Crippen molar-refractivity contribution in [3.05, 3.63) is 54.1 Å². The summed E-state index contributed by atoms with van der Waals surface area (Å²) < 4.78 is 27.5. The minimum atomic E-state index is -2.53. The van der Waals surface area contributed by atoms with Crippen LogP contribution in [-0.2, 0) is 0 Å². The van der Waals surface area contributed by atoms with E-state index in [1.165, 1.54) is 0 Å². The first kappa shape index (κ1) is 16.2. The number of nitrogens with zero attached hydrogens (tertiary/aromatic N) is 2. The lowest BCUT2D eigenvalue weighted by atomic mass is 9.83. The van der Waals surface area contributed by atoms with Gasteiger partial charge in [-0.15, -0.1) is 0 Å². The monoisotopic (exact) mass is 336 g/mol. The van der Waals surface area contributed by atoms with Crippen LogP contribution in [0.3, 0.4) is 0 Å². The number of halogens is 2. The number of carbonyl (C=O) groups is 1. The molecule has 0 N–H and O–H groups in total. The molecule has 0 unspecified atom stereocenters. The summed E-state index contributed by atoms with van der Waals surface area (Å²) in [5.41, 5.74) is 1.60. The summed E-state index contributed by atoms with van der Waals surface area (Å²) in [6.07, 6.45) is 2.98. The number of aromatic nitrogens is 2. The molecule has 0 amide bonds. The van der Waals surface area contributed by atoms with Crippen LogP contribution in [0, 0.1) is 5.92 Å². The lowest BCUT2D eigenvalue weighted by Gasteiger charge is -2.34. The summed E-state index contributed by atoms with van der Waals surface area (Å²) in [7, 11) is 0. The number of thioether (sulfide) groups is 1. The predicted octanol–water partition coefficient (Wildman–Crippen LogP) is 4.41. The standard InChI is InChI=1S/C17H18F2N2OS/c1-12(14-5-3-2-4-6-14)21-11-20-9-15(21)16(22)23-10-13-7-17(18,19)8-13/h2-6,9,11-13H,7-8,10H2,1H3/t12-/m1/s1. The molecule has 1 atom stereocenters. The molecule has 1 heterocycles. The van der Waals surface area contributed by atoms with E-state index in [2.05, 4.69) is 4.98 Å². The van der Waals surface area contributed by atoms with Crippen LogP contribution in [0.15, 0.2) is 42.9 Å². The first-order valence-electron chi connectivity index (χ1n) is 7.58. The van der Waals surface area contributed by atoms with E-state index in [0.29, 0.717) is 11.4 Å². The van der Waals surface area contributed by atoms with Crippen LogP contribution in [0.4, 0.5) is 8.78 Å². The summed E-state index contributed by atoms with van der Waals surface area (Å²) in [5.74, 6) is -2.15. The van der Waals surface area contributed by atoms with Gasteiger partial charge in [-0.3, -0.25) is 4.79 Å². The first-order chi connectivity index (χ1) is 11.0. The van der Waals surface area contributed by atoms with Crippen LogP contribution >= 0.6 is 11.8 Å². The van der Waals surface area contributed by atoms with E-state index in [4.69, 9.17) is 0 Å². The fourth-order valence-electron chi connectivity index (χ4n) is 2.83. The van der Waals surface area contributed by atoms with Crippen molar-refractivity contribution >= 4 is 16.9 Å². The number of benzene rings is 1. The number of hydrogen-bond donors (Lipinski definition) is 0. The van der Waals surface area contributed by atoms with Gasteiger partial charge in [0.25, 0.3) is 0 Å². The molecule has 0 spiro atoms. The molecule has 1 aliphatic carbocycles. The second kappa shape index (κ2) is 6.43. The van der Waals surface area contributed by atoms with Gasteiger partial charge in [0.1, 0.15) is 5.69 Å². The SMILES string of the molecule is C[C@H](c1ccccc1)n1cncc1C(=O)SCC1CC(F)(F)C1. The largest absolute Gasteiger partial charge is 0.320 e. The molecule has 1 fully saturated rings. The van der Waals surface area contributed by atoms with Crippen molar-refractivity contribution in [2.24, 2.45) is 5.92 Å². The van der Waals surface area contributed by atoms with Crippen LogP contribution in [0.25, 0.3) is 0 Å². The highest BCUT2D eigenvalue weighted by Crippen LogP contribution is 2.44. The zero-order valence-electron chi connectivity index (χ0n) is 12.8. The second-order valence-electron chi connectivity index (χ2n) is 6.00. The van der Waals surface area contributed by atoms with Crippen LogP contribution < -0.4 is 0 Å². The Balaban J connectivity index is 1.65. The first-order valence-corrected chi connectivity index (χ1v) is 8.56. The van der Waals surface area contributed by atoms with Crippen molar-refractivity contribution in [3.63, 3.8) is 0 Å². The van der Waals surface area contributed by atoms with Crippen molar-refractivity contribution in [2.75, 3.05) is 5.75 Å². The number of alkyl halides is 2. The van der Waals surface area contributed by atoms with Gasteiger partial charge < -0.3 is 4.57 Å². The summed E-state index contributed by atoms with van der Waals surface area (Å²) in [4.78, 5) is 16.5. The van der Waals surface area contributed by atoms with Crippen molar-refractivity contribution < 1.29 is 13.6 Å². The molecular formula is C17H18F2N2OS. The zero-order chi connectivity index (χ0) is 16.4. The Bertz CT molecular complexity index is 679. The highest BCUT2D eigenvalue weighted by Gasteiger charge is 2.45. The molecule has 2 aromatic rings. The van der Waals surface area contributed by atoms with Crippen molar-refractivity contribution in [1.29, 1.82) is 0 Å². The minimum Gasteiger partial charge on any atom is -0.320 e. The summed E-state index contributed by atoms with van der Waals surface area (Å²) in [5, 5.41) is -0.111. The molecular weight excluding hydrogens is 318 g/mol. The van der Waals surface area contributed by atoms with Crippen molar-refractivity contribution in [2.45, 2.75) is 31.7 Å². The van der Waals surface area contributed by atoms with E-state index in [9.17, 15) is 13.6 Å². The van der Waals surface area contributed by atoms with Gasteiger partial charge in [0.2, 0.25) is 11.0 Å². The summed E-state index contributed by atoms with van der Waals surface area (Å²) >= 11 is 1.11. The summed E-state index contributed by atoms with van der Waals surface area (Å²) in [6, 6.07) is 9.85. The molecule has 3 nitrogen and oxygen atoms in total. The summed E-state index contributed by atoms with van der Waals surface area (Å²) in [6.45, 7) is 2.00. The average Bonchev–Trinajstić information content (AvgIpc) is 3.00. The lowest BCUT2D eigenvalue weighted by molar-refractivity contribution is -0.103. The van der Waals surface area contributed by atoms with E-state index >= 15 is 0 Å². The number of rotatable bonds is 5. The Hall–Kier alpha value is -1.69. The fourth-order valence-corrected chi connectivity index (χ4v) is 3.76. The van der Waals surface area contributed by atoms with Crippen LogP contribution in [0.1, 0.15) is 41.9 Å². The van der Waals surface area contributed by atoms with E-state index in [1.54, 1.807) is 12.5 Å². The zero-order valence-corrected chi connectivity index (χ0v) is 13.6. The molecule has 23 heavy (non-hydrogen) atoms. The molecule has 0 bridgehead atoms. The maximum atomic E-state index is 12.8. The van der Waals surface area contributed by atoms with Crippen molar-refractivity contribution in [3.8, 4) is 0 Å². The molecule has 0 aliphatic heterocycles. The van der Waals surface area contributed by atoms with Gasteiger partial charge in [-0.25, -0.2) is 13.8 Å². The number of hydrogen-bond acceptors (Lipinski definition) is 3. The fraction of sp³-hybridized carbons (Fsp3) is 0.412. The third-order valence-corrected chi connectivity index (χ3v) is 5.31. The molecule has 0 saturated heterocycles. The Morgan fingerprint density at radius 2 is 2.09 bits per heavy atom. The van der Waals surface area contributed by atoms with Gasteiger partial charge in [0, 0.05) is 18.6 Å². The second-order valence-corrected chi connectivity index (χ2v) is 6.99. The van der Waals surface area contributed by atoms with E-state index in [1.807, 2.05) is 41.8 Å². The maximum absolute atomic E-state index is 12.8. The molecule has 1 aromatic carbocycles. The Morgan fingerprint density at radius 1 is 1.39 bits per heavy atom. The van der Waals surface area contributed by atoms with Gasteiger partial charge in [-0.05, 0) is 18.4 Å². The Morgan fingerprint density at radius 3 is 2.74 bits per heavy atom. The van der Waals surface area contributed by atoms with Crippen LogP contribution in [0.2, 0.25) is 0 Å². The van der Waals surface area contributed by atoms with Gasteiger partial charge >= 0.3 is 0 Å². The van der Waals surface area contributed by atoms with Gasteiger partial charge in [-0.2, -0.15) is 0 Å². The van der Waals surface area contributed by atoms with E-state index in [-0.39, 0.29) is 29.9 Å². The molecule has 122 valence electrons. The third-order valence-electron chi connectivity index (χ3n) is 4.20. The highest BCUT2D eigenvalue weighted by atomic mass is 32.2. The minimum absolute atomic E-state index is 0.00807. The van der Waals surface area contributed by atoms with Gasteiger partial charge in [-0.1, -0.05) is 42.1 Å². The van der Waals surface area contributed by atoms with E-state index in [0.717, 1.165) is 17.3 Å². The Labute approximate surface area is 138 Å².